The molecule has 1 atom stereocenters. The van der Waals surface area contributed by atoms with E-state index >= 15 is 0 Å². The van der Waals surface area contributed by atoms with Crippen LogP contribution in [0.3, 0.4) is 0 Å². The van der Waals surface area contributed by atoms with E-state index in [0.29, 0.717) is 19.0 Å². The summed E-state index contributed by atoms with van der Waals surface area (Å²) in [5, 5.41) is 3.32. The van der Waals surface area contributed by atoms with Gasteiger partial charge in [-0.15, -0.1) is 0 Å². The molecule has 5 nitrogen and oxygen atoms in total. The van der Waals surface area contributed by atoms with Crippen LogP contribution in [-0.2, 0) is 14.8 Å². The topological polar surface area (TPSA) is 58.6 Å². The molecule has 2 heterocycles. The van der Waals surface area contributed by atoms with Gasteiger partial charge in [0.15, 0.2) is 0 Å². The van der Waals surface area contributed by atoms with Crippen molar-refractivity contribution in [1.82, 2.24) is 9.62 Å². The summed E-state index contributed by atoms with van der Waals surface area (Å²) < 4.78 is 31.6. The van der Waals surface area contributed by atoms with Crippen LogP contribution >= 0.6 is 0 Å². The molecule has 6 heteroatoms. The van der Waals surface area contributed by atoms with Crippen molar-refractivity contribution in [2.45, 2.75) is 38.1 Å². The van der Waals surface area contributed by atoms with Gasteiger partial charge in [0.1, 0.15) is 0 Å². The summed E-state index contributed by atoms with van der Waals surface area (Å²) in [6, 6.07) is 0.149. The average Bonchev–Trinajstić information content (AvgIpc) is 2.40. The molecule has 1 N–H and O–H groups in total. The van der Waals surface area contributed by atoms with Gasteiger partial charge >= 0.3 is 0 Å². The standard InChI is InChI=1S/C13H26N2O3S/c1-18-10-12-5-8-15(9-6-12)19(16,17)11-13-4-2-3-7-14-13/h12-14H,2-11H2,1H3. The Morgan fingerprint density at radius 1 is 1.21 bits per heavy atom. The Morgan fingerprint density at radius 2 is 1.95 bits per heavy atom. The Hall–Kier alpha value is -0.170. The van der Waals surface area contributed by atoms with E-state index < -0.39 is 10.0 Å². The molecule has 0 saturated carbocycles. The van der Waals surface area contributed by atoms with Gasteiger partial charge in [0.25, 0.3) is 0 Å². The van der Waals surface area contributed by atoms with Gasteiger partial charge < -0.3 is 10.1 Å². The van der Waals surface area contributed by atoms with E-state index in [9.17, 15) is 8.42 Å². The lowest BCUT2D eigenvalue weighted by Gasteiger charge is -2.32. The number of nitrogens with one attached hydrogen (secondary N) is 1. The number of nitrogens with zero attached hydrogens (tertiary/aromatic N) is 1. The van der Waals surface area contributed by atoms with Crippen molar-refractivity contribution in [2.75, 3.05) is 39.1 Å². The minimum absolute atomic E-state index is 0.149. The van der Waals surface area contributed by atoms with E-state index in [1.54, 1.807) is 11.4 Å². The number of piperidine rings is 2. The number of sulfonamides is 1. The maximum Gasteiger partial charge on any atom is 0.215 e. The summed E-state index contributed by atoms with van der Waals surface area (Å²) in [4.78, 5) is 0. The van der Waals surface area contributed by atoms with Crippen molar-refractivity contribution in [3.63, 3.8) is 0 Å². The van der Waals surface area contributed by atoms with Crippen LogP contribution < -0.4 is 5.32 Å². The Balaban J connectivity index is 1.83. The second-order valence-corrected chi connectivity index (χ2v) is 7.74. The Labute approximate surface area is 116 Å². The number of ether oxygens (including phenoxy) is 1. The van der Waals surface area contributed by atoms with Gasteiger partial charge in [0.2, 0.25) is 10.0 Å². The lowest BCUT2D eigenvalue weighted by molar-refractivity contribution is 0.121. The van der Waals surface area contributed by atoms with Gasteiger partial charge in [-0.2, -0.15) is 0 Å². The largest absolute Gasteiger partial charge is 0.384 e. The maximum atomic E-state index is 12.4. The fourth-order valence-electron chi connectivity index (χ4n) is 3.02. The maximum absolute atomic E-state index is 12.4. The third-order valence-corrected chi connectivity index (χ3v) is 6.17. The highest BCUT2D eigenvalue weighted by Crippen LogP contribution is 2.21. The van der Waals surface area contributed by atoms with E-state index in [0.717, 1.165) is 38.8 Å². The second kappa shape index (κ2) is 7.02. The predicted octanol–water partition coefficient (Wildman–Crippen LogP) is 0.817. The Bertz CT molecular complexity index is 358. The zero-order chi connectivity index (χ0) is 13.7. The fourth-order valence-corrected chi connectivity index (χ4v) is 4.79. The quantitative estimate of drug-likeness (QED) is 0.814. The number of rotatable bonds is 5. The molecule has 2 saturated heterocycles. The van der Waals surface area contributed by atoms with Gasteiger partial charge in [-0.25, -0.2) is 12.7 Å². The molecule has 0 amide bonds. The smallest absolute Gasteiger partial charge is 0.215 e. The molecule has 0 spiro atoms. The first-order valence-corrected chi connectivity index (χ1v) is 8.93. The molecule has 0 aliphatic carbocycles. The predicted molar refractivity (Wildman–Crippen MR) is 75.6 cm³/mol. The summed E-state index contributed by atoms with van der Waals surface area (Å²) in [5.41, 5.74) is 0. The number of hydrogen-bond donors (Lipinski definition) is 1. The molecule has 2 aliphatic heterocycles. The summed E-state index contributed by atoms with van der Waals surface area (Å²) in [7, 11) is -1.39. The van der Waals surface area contributed by atoms with Crippen molar-refractivity contribution < 1.29 is 13.2 Å². The van der Waals surface area contributed by atoms with Gasteiger partial charge in [-0.3, -0.25) is 0 Å². The van der Waals surface area contributed by atoms with Gasteiger partial charge in [-0.1, -0.05) is 6.42 Å². The van der Waals surface area contributed by atoms with Crippen LogP contribution in [0.2, 0.25) is 0 Å². The molecule has 112 valence electrons. The summed E-state index contributed by atoms with van der Waals surface area (Å²) in [5.74, 6) is 0.784. The van der Waals surface area contributed by atoms with Crippen molar-refractivity contribution >= 4 is 10.0 Å². The Kier molecular flexibility index (Phi) is 5.62. The third-order valence-electron chi connectivity index (χ3n) is 4.19. The SMILES string of the molecule is COCC1CCN(S(=O)(=O)CC2CCCCN2)CC1. The van der Waals surface area contributed by atoms with E-state index in [1.807, 2.05) is 0 Å². The van der Waals surface area contributed by atoms with Crippen LogP contribution in [-0.4, -0.2) is 57.9 Å². The molecule has 0 aromatic rings. The monoisotopic (exact) mass is 290 g/mol. The van der Waals surface area contributed by atoms with E-state index in [2.05, 4.69) is 5.32 Å². The summed E-state index contributed by atoms with van der Waals surface area (Å²) in [6.45, 7) is 3.01. The summed E-state index contributed by atoms with van der Waals surface area (Å²) >= 11 is 0. The molecule has 2 rings (SSSR count). The van der Waals surface area contributed by atoms with Crippen LogP contribution in [0.15, 0.2) is 0 Å². The highest BCUT2D eigenvalue weighted by Gasteiger charge is 2.30. The molecule has 0 aromatic carbocycles. The van der Waals surface area contributed by atoms with Crippen molar-refractivity contribution in [2.24, 2.45) is 5.92 Å². The molecule has 0 bridgehead atoms. The van der Waals surface area contributed by atoms with Crippen LogP contribution in [0, 0.1) is 5.92 Å². The van der Waals surface area contributed by atoms with Crippen LogP contribution in [0.5, 0.6) is 0 Å². The minimum atomic E-state index is -3.09. The van der Waals surface area contributed by atoms with Gasteiger partial charge in [0, 0.05) is 32.8 Å². The van der Waals surface area contributed by atoms with Crippen LogP contribution in [0.25, 0.3) is 0 Å². The molecule has 0 aromatic heterocycles. The van der Waals surface area contributed by atoms with Crippen molar-refractivity contribution in [1.29, 1.82) is 0 Å². The molecule has 19 heavy (non-hydrogen) atoms. The van der Waals surface area contributed by atoms with E-state index in [1.165, 1.54) is 6.42 Å². The molecule has 0 radical (unpaired) electrons. The zero-order valence-corrected chi connectivity index (χ0v) is 12.6. The first-order valence-electron chi connectivity index (χ1n) is 7.32. The van der Waals surface area contributed by atoms with Crippen molar-refractivity contribution in [3.05, 3.63) is 0 Å². The number of methoxy groups -OCH3 is 1. The molecular formula is C13H26N2O3S. The van der Waals surface area contributed by atoms with Crippen LogP contribution in [0.4, 0.5) is 0 Å². The highest BCUT2D eigenvalue weighted by molar-refractivity contribution is 7.89. The first kappa shape index (κ1) is 15.2. The third kappa shape index (κ3) is 4.41. The van der Waals surface area contributed by atoms with E-state index in [-0.39, 0.29) is 11.8 Å². The van der Waals surface area contributed by atoms with Gasteiger partial charge in [0.05, 0.1) is 5.75 Å². The summed E-state index contributed by atoms with van der Waals surface area (Å²) in [6.07, 6.45) is 5.14. The minimum Gasteiger partial charge on any atom is -0.384 e. The molecule has 2 fully saturated rings. The lowest BCUT2D eigenvalue weighted by atomic mass is 9.99. The molecular weight excluding hydrogens is 264 g/mol. The number of hydrogen-bond acceptors (Lipinski definition) is 4. The molecule has 2 aliphatic rings. The zero-order valence-electron chi connectivity index (χ0n) is 11.8. The normalized spacial score (nSPS) is 27.5. The average molecular weight is 290 g/mol. The fraction of sp³-hybridized carbons (Fsp3) is 1.00. The van der Waals surface area contributed by atoms with E-state index in [4.69, 9.17) is 4.74 Å². The lowest BCUT2D eigenvalue weighted by Crippen LogP contribution is -2.46. The Morgan fingerprint density at radius 3 is 2.53 bits per heavy atom. The van der Waals surface area contributed by atoms with Gasteiger partial charge in [-0.05, 0) is 38.1 Å². The van der Waals surface area contributed by atoms with Crippen molar-refractivity contribution in [3.8, 4) is 0 Å². The first-order chi connectivity index (χ1) is 9.12. The highest BCUT2D eigenvalue weighted by atomic mass is 32.2. The second-order valence-electron chi connectivity index (χ2n) is 5.72. The molecule has 1 unspecified atom stereocenters. The van der Waals surface area contributed by atoms with Crippen LogP contribution in [0.1, 0.15) is 32.1 Å².